The van der Waals surface area contributed by atoms with Gasteiger partial charge in [0.25, 0.3) is 0 Å². The summed E-state index contributed by atoms with van der Waals surface area (Å²) in [4.78, 5) is 15.4. The molecule has 5 heteroatoms. The van der Waals surface area contributed by atoms with Gasteiger partial charge in [-0.2, -0.15) is 0 Å². The quantitative estimate of drug-likeness (QED) is 0.724. The van der Waals surface area contributed by atoms with E-state index in [0.29, 0.717) is 16.8 Å². The number of nitrogens with zero attached hydrogens (tertiary/aromatic N) is 1. The van der Waals surface area contributed by atoms with Crippen LogP contribution < -0.4 is 5.73 Å². The Morgan fingerprint density at radius 3 is 3.14 bits per heavy atom. The number of aromatic nitrogens is 1. The minimum atomic E-state index is -0.367. The van der Waals surface area contributed by atoms with Crippen LogP contribution in [0.3, 0.4) is 0 Å². The Kier molecular flexibility index (Phi) is 2.09. The molecule has 0 atom stereocenters. The third-order valence-corrected chi connectivity index (χ3v) is 2.76. The molecule has 2 rings (SSSR count). The molecule has 0 aliphatic carbocycles. The number of anilines is 1. The normalized spacial score (nSPS) is 10.4. The average Bonchev–Trinajstić information content (AvgIpc) is 2.59. The molecule has 4 nitrogen and oxygen atoms in total. The molecule has 2 aromatic rings. The number of nitrogens with two attached hydrogens (primary N) is 1. The summed E-state index contributed by atoms with van der Waals surface area (Å²) in [5, 5.41) is 1.73. The molecule has 0 aromatic carbocycles. The van der Waals surface area contributed by atoms with Gasteiger partial charge in [-0.25, -0.2) is 4.79 Å². The first-order chi connectivity index (χ1) is 6.72. The first-order valence-corrected chi connectivity index (χ1v) is 4.81. The van der Waals surface area contributed by atoms with E-state index >= 15 is 0 Å². The summed E-state index contributed by atoms with van der Waals surface area (Å²) in [6.07, 6.45) is 1.53. The average molecular weight is 208 g/mol. The van der Waals surface area contributed by atoms with E-state index < -0.39 is 0 Å². The molecule has 72 valence electrons. The minimum absolute atomic E-state index is 0.367. The molecule has 2 N–H and O–H groups in total. The number of methoxy groups -OCH3 is 1. The Hall–Kier alpha value is -1.62. The number of hydrogen-bond donors (Lipinski definition) is 1. The number of ether oxygens (including phenoxy) is 1. The number of pyridine rings is 1. The Labute approximate surface area is 84.3 Å². The van der Waals surface area contributed by atoms with Crippen molar-refractivity contribution in [1.29, 1.82) is 0 Å². The predicted octanol–water partition coefficient (Wildman–Crippen LogP) is 1.67. The Morgan fingerprint density at radius 2 is 2.43 bits per heavy atom. The maximum absolute atomic E-state index is 11.3. The molecule has 0 spiro atoms. The lowest BCUT2D eigenvalue weighted by atomic mass is 10.2. The van der Waals surface area contributed by atoms with Crippen LogP contribution in [0.4, 0.5) is 5.69 Å². The van der Waals surface area contributed by atoms with Gasteiger partial charge in [0.2, 0.25) is 0 Å². The Bertz CT molecular complexity index is 493. The van der Waals surface area contributed by atoms with Crippen LogP contribution in [0.5, 0.6) is 0 Å². The lowest BCUT2D eigenvalue weighted by Crippen LogP contribution is -2.00. The van der Waals surface area contributed by atoms with Crippen molar-refractivity contribution >= 4 is 33.2 Å². The summed E-state index contributed by atoms with van der Waals surface area (Å²) in [6, 6.07) is 1.79. The van der Waals surface area contributed by atoms with Crippen LogP contribution in [0.2, 0.25) is 0 Å². The van der Waals surface area contributed by atoms with Crippen LogP contribution in [0.25, 0.3) is 10.2 Å². The minimum Gasteiger partial charge on any atom is -0.465 e. The van der Waals surface area contributed by atoms with E-state index in [0.717, 1.165) is 4.70 Å². The van der Waals surface area contributed by atoms with Crippen molar-refractivity contribution in [3.05, 3.63) is 23.2 Å². The molecular weight excluding hydrogens is 200 g/mol. The van der Waals surface area contributed by atoms with Crippen LogP contribution in [-0.2, 0) is 4.74 Å². The second-order valence-corrected chi connectivity index (χ2v) is 3.67. The lowest BCUT2D eigenvalue weighted by molar-refractivity contribution is 0.0603. The number of carbonyl (C=O) groups excluding carboxylic acids is 1. The van der Waals surface area contributed by atoms with Crippen molar-refractivity contribution in [2.75, 3.05) is 12.8 Å². The highest BCUT2D eigenvalue weighted by molar-refractivity contribution is 7.17. The van der Waals surface area contributed by atoms with E-state index in [4.69, 9.17) is 5.73 Å². The summed E-state index contributed by atoms with van der Waals surface area (Å²) >= 11 is 1.43. The van der Waals surface area contributed by atoms with E-state index in [9.17, 15) is 4.79 Å². The van der Waals surface area contributed by atoms with Crippen molar-refractivity contribution in [2.45, 2.75) is 0 Å². The number of thiophene rings is 1. The highest BCUT2D eigenvalue weighted by atomic mass is 32.1. The second-order valence-electron chi connectivity index (χ2n) is 2.76. The van der Waals surface area contributed by atoms with Gasteiger partial charge in [-0.1, -0.05) is 0 Å². The van der Waals surface area contributed by atoms with Crippen LogP contribution in [-0.4, -0.2) is 18.1 Å². The summed E-state index contributed by atoms with van der Waals surface area (Å²) in [7, 11) is 1.35. The van der Waals surface area contributed by atoms with Crippen LogP contribution in [0.1, 0.15) is 10.4 Å². The molecule has 2 heterocycles. The van der Waals surface area contributed by atoms with Gasteiger partial charge in [-0.05, 0) is 6.07 Å². The van der Waals surface area contributed by atoms with Crippen LogP contribution >= 0.6 is 11.3 Å². The topological polar surface area (TPSA) is 65.2 Å². The van der Waals surface area contributed by atoms with Crippen LogP contribution in [0.15, 0.2) is 17.6 Å². The molecule has 0 bridgehead atoms. The number of esters is 1. The van der Waals surface area contributed by atoms with E-state index in [2.05, 4.69) is 9.72 Å². The highest BCUT2D eigenvalue weighted by Gasteiger charge is 2.13. The number of fused-ring (bicyclic) bond motifs is 1. The molecule has 0 unspecified atom stereocenters. The first-order valence-electron chi connectivity index (χ1n) is 3.93. The van der Waals surface area contributed by atoms with Crippen molar-refractivity contribution < 1.29 is 9.53 Å². The zero-order valence-electron chi connectivity index (χ0n) is 7.48. The fraction of sp³-hybridized carbons (Fsp3) is 0.111. The fourth-order valence-electron chi connectivity index (χ4n) is 1.18. The molecule has 0 amide bonds. The highest BCUT2D eigenvalue weighted by Crippen LogP contribution is 2.25. The van der Waals surface area contributed by atoms with Gasteiger partial charge in [0.1, 0.15) is 0 Å². The molecule has 14 heavy (non-hydrogen) atoms. The van der Waals surface area contributed by atoms with Gasteiger partial charge in [0.15, 0.2) is 0 Å². The third kappa shape index (κ3) is 1.31. The Morgan fingerprint density at radius 1 is 1.64 bits per heavy atom. The van der Waals surface area contributed by atoms with Crippen molar-refractivity contribution in [1.82, 2.24) is 4.98 Å². The molecule has 2 aromatic heterocycles. The van der Waals surface area contributed by atoms with Gasteiger partial charge < -0.3 is 10.5 Å². The Balaban J connectivity index is 2.64. The molecule has 0 saturated carbocycles. The molecule has 0 saturated heterocycles. The van der Waals surface area contributed by atoms with E-state index in [1.165, 1.54) is 24.6 Å². The summed E-state index contributed by atoms with van der Waals surface area (Å²) < 4.78 is 5.52. The number of hydrogen-bond acceptors (Lipinski definition) is 5. The van der Waals surface area contributed by atoms with Gasteiger partial charge >= 0.3 is 5.97 Å². The molecular formula is C9H8N2O2S. The SMILES string of the molecule is COC(=O)c1csc2cc(N)cnc12. The monoisotopic (exact) mass is 208 g/mol. The van der Waals surface area contributed by atoms with E-state index in [1.807, 2.05) is 0 Å². The molecule has 0 aliphatic rings. The van der Waals surface area contributed by atoms with E-state index in [-0.39, 0.29) is 5.97 Å². The van der Waals surface area contributed by atoms with Gasteiger partial charge in [-0.15, -0.1) is 11.3 Å². The summed E-state index contributed by atoms with van der Waals surface area (Å²) in [5.74, 6) is -0.367. The second kappa shape index (κ2) is 3.26. The van der Waals surface area contributed by atoms with E-state index in [1.54, 1.807) is 11.4 Å². The lowest BCUT2D eigenvalue weighted by Gasteiger charge is -1.96. The summed E-state index contributed by atoms with van der Waals surface area (Å²) in [5.41, 5.74) is 7.31. The molecule has 0 fully saturated rings. The van der Waals surface area contributed by atoms with Gasteiger partial charge in [-0.3, -0.25) is 4.98 Å². The molecule has 0 radical (unpaired) electrons. The number of nitrogen functional groups attached to an aromatic ring is 1. The standard InChI is InChI=1S/C9H8N2O2S/c1-13-9(12)6-4-14-7-2-5(10)3-11-8(6)7/h2-4H,10H2,1H3. The fourth-order valence-corrected chi connectivity index (χ4v) is 2.12. The smallest absolute Gasteiger partial charge is 0.340 e. The summed E-state index contributed by atoms with van der Waals surface area (Å²) in [6.45, 7) is 0. The maximum atomic E-state index is 11.3. The third-order valence-electron chi connectivity index (χ3n) is 1.84. The zero-order valence-corrected chi connectivity index (χ0v) is 8.30. The van der Waals surface area contributed by atoms with Crippen LogP contribution in [0, 0.1) is 0 Å². The number of rotatable bonds is 1. The largest absolute Gasteiger partial charge is 0.465 e. The van der Waals surface area contributed by atoms with Gasteiger partial charge in [0, 0.05) is 5.38 Å². The number of carbonyl (C=O) groups is 1. The zero-order chi connectivity index (χ0) is 10.1. The molecule has 0 aliphatic heterocycles. The van der Waals surface area contributed by atoms with Crippen molar-refractivity contribution in [3.63, 3.8) is 0 Å². The van der Waals surface area contributed by atoms with Gasteiger partial charge in [0.05, 0.1) is 34.8 Å². The maximum Gasteiger partial charge on any atom is 0.340 e. The first kappa shape index (κ1) is 8.96. The van der Waals surface area contributed by atoms with Crippen molar-refractivity contribution in [3.8, 4) is 0 Å². The predicted molar refractivity (Wildman–Crippen MR) is 55.4 cm³/mol. The van der Waals surface area contributed by atoms with Crippen molar-refractivity contribution in [2.24, 2.45) is 0 Å².